The van der Waals surface area contributed by atoms with Crippen LogP contribution in [0.1, 0.15) is 22.5 Å². The second-order valence-electron chi connectivity index (χ2n) is 7.62. The van der Waals surface area contributed by atoms with Crippen molar-refractivity contribution in [2.75, 3.05) is 16.4 Å². The zero-order chi connectivity index (χ0) is 24.0. The Hall–Kier alpha value is -3.10. The number of nitrogens with zero attached hydrogens (tertiary/aromatic N) is 3. The van der Waals surface area contributed by atoms with E-state index in [1.54, 1.807) is 22.8 Å². The summed E-state index contributed by atoms with van der Waals surface area (Å²) >= 11 is 7.36. The summed E-state index contributed by atoms with van der Waals surface area (Å²) < 4.78 is 1.79. The van der Waals surface area contributed by atoms with Gasteiger partial charge in [-0.1, -0.05) is 41.6 Å². The minimum Gasteiger partial charge on any atom is -0.326 e. The average molecular weight is 484 g/mol. The Morgan fingerprint density at radius 1 is 1.00 bits per heavy atom. The fraction of sp³-hybridized carbons (Fsp3) is 0.250. The van der Waals surface area contributed by atoms with E-state index < -0.39 is 0 Å². The minimum absolute atomic E-state index is 0.0579. The van der Waals surface area contributed by atoms with Gasteiger partial charge in [-0.3, -0.25) is 9.59 Å². The van der Waals surface area contributed by atoms with Crippen molar-refractivity contribution in [3.63, 3.8) is 0 Å². The van der Waals surface area contributed by atoms with Crippen LogP contribution in [-0.4, -0.2) is 32.3 Å². The highest BCUT2D eigenvalue weighted by atomic mass is 35.5. The summed E-state index contributed by atoms with van der Waals surface area (Å²) in [6.07, 6.45) is 1.76. The van der Waals surface area contributed by atoms with Gasteiger partial charge in [-0.2, -0.15) is 0 Å². The Morgan fingerprint density at radius 2 is 1.67 bits per heavy atom. The number of carbonyl (C=O) groups is 2. The summed E-state index contributed by atoms with van der Waals surface area (Å²) in [5.41, 5.74) is 4.57. The van der Waals surface area contributed by atoms with Gasteiger partial charge in [0, 0.05) is 22.9 Å². The summed E-state index contributed by atoms with van der Waals surface area (Å²) in [7, 11) is 0. The van der Waals surface area contributed by atoms with Crippen LogP contribution >= 0.6 is 23.4 Å². The number of nitrogens with one attached hydrogen (secondary N) is 2. The van der Waals surface area contributed by atoms with Gasteiger partial charge < -0.3 is 15.2 Å². The molecule has 0 bridgehead atoms. The molecule has 0 unspecified atom stereocenters. The maximum Gasteiger partial charge on any atom is 0.234 e. The molecule has 2 aromatic carbocycles. The standard InChI is InChI=1S/C24H26ClN5O2S/c1-5-10-30-21(13-22(31)26-18-8-6-15(2)17(4)11-18)28-29-24(30)33-14-23(32)27-19-9-7-16(3)20(25)12-19/h5-9,11-12H,1,10,13-14H2,2-4H3,(H,26,31)(H,27,32). The molecule has 0 aliphatic rings. The van der Waals surface area contributed by atoms with Crippen LogP contribution in [0, 0.1) is 20.8 Å². The fourth-order valence-corrected chi connectivity index (χ4v) is 3.98. The van der Waals surface area contributed by atoms with E-state index in [0.29, 0.717) is 28.2 Å². The second-order valence-corrected chi connectivity index (χ2v) is 8.97. The van der Waals surface area contributed by atoms with Crippen LogP contribution in [0.3, 0.4) is 0 Å². The van der Waals surface area contributed by atoms with E-state index in [4.69, 9.17) is 11.6 Å². The van der Waals surface area contributed by atoms with E-state index in [-0.39, 0.29) is 24.0 Å². The summed E-state index contributed by atoms with van der Waals surface area (Å²) in [5, 5.41) is 15.2. The SMILES string of the molecule is C=CCn1c(CC(=O)Nc2ccc(C)c(C)c2)nnc1SCC(=O)Nc1ccc(C)c(Cl)c1. The molecular weight excluding hydrogens is 458 g/mol. The minimum atomic E-state index is -0.193. The number of thioether (sulfide) groups is 1. The quantitative estimate of drug-likeness (QED) is 0.332. The van der Waals surface area contributed by atoms with Gasteiger partial charge in [0.1, 0.15) is 5.82 Å². The van der Waals surface area contributed by atoms with Gasteiger partial charge in [0.15, 0.2) is 5.16 Å². The van der Waals surface area contributed by atoms with Crippen LogP contribution in [0.5, 0.6) is 0 Å². The van der Waals surface area contributed by atoms with Gasteiger partial charge in [-0.15, -0.1) is 16.8 Å². The first kappa shape index (κ1) is 24.5. The van der Waals surface area contributed by atoms with Crippen molar-refractivity contribution in [2.45, 2.75) is 38.9 Å². The molecular formula is C24H26ClN5O2S. The first-order valence-corrected chi connectivity index (χ1v) is 11.7. The molecule has 0 radical (unpaired) electrons. The predicted octanol–water partition coefficient (Wildman–Crippen LogP) is 4.95. The Bertz CT molecular complexity index is 1190. The van der Waals surface area contributed by atoms with Gasteiger partial charge in [0.25, 0.3) is 0 Å². The van der Waals surface area contributed by atoms with Crippen molar-refractivity contribution in [3.8, 4) is 0 Å². The topological polar surface area (TPSA) is 88.9 Å². The van der Waals surface area contributed by atoms with Crippen LogP contribution in [0.25, 0.3) is 0 Å². The van der Waals surface area contributed by atoms with E-state index in [1.165, 1.54) is 11.8 Å². The van der Waals surface area contributed by atoms with Gasteiger partial charge in [-0.25, -0.2) is 0 Å². The molecule has 0 saturated heterocycles. The van der Waals surface area contributed by atoms with E-state index in [0.717, 1.165) is 22.4 Å². The third-order valence-electron chi connectivity index (χ3n) is 5.00. The lowest BCUT2D eigenvalue weighted by molar-refractivity contribution is -0.116. The number of aromatic nitrogens is 3. The molecule has 0 aliphatic heterocycles. The van der Waals surface area contributed by atoms with E-state index in [1.807, 2.05) is 45.0 Å². The molecule has 172 valence electrons. The van der Waals surface area contributed by atoms with Gasteiger partial charge in [0.05, 0.1) is 12.2 Å². The number of benzene rings is 2. The Balaban J connectivity index is 1.62. The van der Waals surface area contributed by atoms with Crippen LogP contribution in [0.2, 0.25) is 5.02 Å². The summed E-state index contributed by atoms with van der Waals surface area (Å²) in [4.78, 5) is 24.9. The summed E-state index contributed by atoms with van der Waals surface area (Å²) in [6.45, 7) is 10.1. The van der Waals surface area contributed by atoms with Crippen molar-refractivity contribution in [2.24, 2.45) is 0 Å². The number of carbonyl (C=O) groups excluding carboxylic acids is 2. The Kier molecular flexibility index (Phi) is 8.30. The number of aryl methyl sites for hydroxylation is 3. The molecule has 3 rings (SSSR count). The molecule has 7 nitrogen and oxygen atoms in total. The lowest BCUT2D eigenvalue weighted by Crippen LogP contribution is -2.18. The van der Waals surface area contributed by atoms with Gasteiger partial charge >= 0.3 is 0 Å². The van der Waals surface area contributed by atoms with Crippen molar-refractivity contribution in [3.05, 3.63) is 76.6 Å². The first-order valence-electron chi connectivity index (χ1n) is 10.4. The number of halogens is 1. The highest BCUT2D eigenvalue weighted by Gasteiger charge is 2.17. The normalized spacial score (nSPS) is 10.7. The smallest absolute Gasteiger partial charge is 0.234 e. The third-order valence-corrected chi connectivity index (χ3v) is 6.38. The molecule has 9 heteroatoms. The lowest BCUT2D eigenvalue weighted by Gasteiger charge is -2.10. The maximum atomic E-state index is 12.6. The summed E-state index contributed by atoms with van der Waals surface area (Å²) in [5.74, 6) is 0.253. The van der Waals surface area contributed by atoms with Crippen LogP contribution in [0.4, 0.5) is 11.4 Å². The zero-order valence-electron chi connectivity index (χ0n) is 18.8. The first-order chi connectivity index (χ1) is 15.8. The zero-order valence-corrected chi connectivity index (χ0v) is 20.4. The number of anilines is 2. The largest absolute Gasteiger partial charge is 0.326 e. The van der Waals surface area contributed by atoms with E-state index in [9.17, 15) is 9.59 Å². The number of amides is 2. The number of hydrogen-bond acceptors (Lipinski definition) is 5. The second kappa shape index (κ2) is 11.2. The van der Waals surface area contributed by atoms with Crippen molar-refractivity contribution in [1.29, 1.82) is 0 Å². The lowest BCUT2D eigenvalue weighted by atomic mass is 10.1. The number of rotatable bonds is 9. The van der Waals surface area contributed by atoms with E-state index >= 15 is 0 Å². The summed E-state index contributed by atoms with van der Waals surface area (Å²) in [6, 6.07) is 11.1. The van der Waals surface area contributed by atoms with Gasteiger partial charge in [-0.05, 0) is 61.7 Å². The monoisotopic (exact) mass is 483 g/mol. The molecule has 33 heavy (non-hydrogen) atoms. The Morgan fingerprint density at radius 3 is 2.33 bits per heavy atom. The number of allylic oxidation sites excluding steroid dienone is 1. The predicted molar refractivity (Wildman–Crippen MR) is 134 cm³/mol. The van der Waals surface area contributed by atoms with E-state index in [2.05, 4.69) is 27.4 Å². The molecule has 0 spiro atoms. The van der Waals surface area contributed by atoms with Crippen molar-refractivity contribution >= 4 is 46.6 Å². The number of hydrogen-bond donors (Lipinski definition) is 2. The van der Waals surface area contributed by atoms with Crippen LogP contribution in [-0.2, 0) is 22.6 Å². The van der Waals surface area contributed by atoms with Crippen molar-refractivity contribution in [1.82, 2.24) is 14.8 Å². The molecule has 3 aromatic rings. The van der Waals surface area contributed by atoms with Crippen LogP contribution < -0.4 is 10.6 Å². The molecule has 0 aliphatic carbocycles. The molecule has 1 heterocycles. The van der Waals surface area contributed by atoms with Crippen LogP contribution in [0.15, 0.2) is 54.2 Å². The molecule has 2 amide bonds. The maximum absolute atomic E-state index is 12.6. The Labute approximate surface area is 202 Å². The third kappa shape index (κ3) is 6.69. The highest BCUT2D eigenvalue weighted by molar-refractivity contribution is 7.99. The van der Waals surface area contributed by atoms with Gasteiger partial charge in [0.2, 0.25) is 11.8 Å². The molecule has 0 saturated carbocycles. The molecule has 1 aromatic heterocycles. The average Bonchev–Trinajstić information content (AvgIpc) is 3.13. The molecule has 2 N–H and O–H groups in total. The van der Waals surface area contributed by atoms with Crippen molar-refractivity contribution < 1.29 is 9.59 Å². The molecule has 0 fully saturated rings. The molecule has 0 atom stereocenters. The fourth-order valence-electron chi connectivity index (χ4n) is 3.03. The highest BCUT2D eigenvalue weighted by Crippen LogP contribution is 2.22.